The average molecular weight is 307 g/mol. The standard InChI is InChI=1S/C13H17N5O2S/c1-9-2-3-11-12(17-9)13(16-8-15-11)18-5-4-10(6-18)7-21(14,19)20/h2-3,8,10H,4-7H2,1H3,(H2,14,19,20). The van der Waals surface area contributed by atoms with Crippen molar-refractivity contribution in [2.45, 2.75) is 13.3 Å². The van der Waals surface area contributed by atoms with Crippen molar-refractivity contribution in [1.82, 2.24) is 15.0 Å². The summed E-state index contributed by atoms with van der Waals surface area (Å²) in [5.41, 5.74) is 2.45. The van der Waals surface area contributed by atoms with E-state index >= 15 is 0 Å². The number of anilines is 1. The van der Waals surface area contributed by atoms with E-state index in [9.17, 15) is 8.42 Å². The van der Waals surface area contributed by atoms with Crippen LogP contribution in [0.5, 0.6) is 0 Å². The third-order valence-corrected chi connectivity index (χ3v) is 4.59. The van der Waals surface area contributed by atoms with Gasteiger partial charge in [-0.25, -0.2) is 28.5 Å². The van der Waals surface area contributed by atoms with Crippen LogP contribution in [0.4, 0.5) is 5.82 Å². The molecule has 1 saturated heterocycles. The van der Waals surface area contributed by atoms with E-state index < -0.39 is 10.0 Å². The molecule has 0 aliphatic carbocycles. The minimum atomic E-state index is -3.44. The van der Waals surface area contributed by atoms with Crippen molar-refractivity contribution < 1.29 is 8.42 Å². The summed E-state index contributed by atoms with van der Waals surface area (Å²) in [6.07, 6.45) is 2.30. The van der Waals surface area contributed by atoms with Gasteiger partial charge in [0.05, 0.1) is 11.3 Å². The Morgan fingerprint density at radius 2 is 2.19 bits per heavy atom. The van der Waals surface area contributed by atoms with Gasteiger partial charge in [-0.15, -0.1) is 0 Å². The minimum Gasteiger partial charge on any atom is -0.354 e. The van der Waals surface area contributed by atoms with Crippen molar-refractivity contribution in [1.29, 1.82) is 0 Å². The normalized spacial score (nSPS) is 19.3. The first-order valence-electron chi connectivity index (χ1n) is 6.76. The highest BCUT2D eigenvalue weighted by Crippen LogP contribution is 2.27. The van der Waals surface area contributed by atoms with Crippen LogP contribution in [-0.4, -0.2) is 42.2 Å². The van der Waals surface area contributed by atoms with Gasteiger partial charge >= 0.3 is 0 Å². The lowest BCUT2D eigenvalue weighted by Gasteiger charge is -2.18. The van der Waals surface area contributed by atoms with Crippen LogP contribution in [0.2, 0.25) is 0 Å². The van der Waals surface area contributed by atoms with Crippen LogP contribution < -0.4 is 10.0 Å². The summed E-state index contributed by atoms with van der Waals surface area (Å²) < 4.78 is 22.4. The molecule has 7 nitrogen and oxygen atoms in total. The van der Waals surface area contributed by atoms with Gasteiger partial charge in [-0.2, -0.15) is 0 Å². The summed E-state index contributed by atoms with van der Waals surface area (Å²) in [4.78, 5) is 15.1. The zero-order valence-corrected chi connectivity index (χ0v) is 12.5. The minimum absolute atomic E-state index is 0.0129. The van der Waals surface area contributed by atoms with Gasteiger partial charge in [-0.05, 0) is 31.4 Å². The molecule has 0 spiro atoms. The van der Waals surface area contributed by atoms with Gasteiger partial charge in [0.15, 0.2) is 5.82 Å². The van der Waals surface area contributed by atoms with E-state index in [0.717, 1.165) is 35.5 Å². The zero-order chi connectivity index (χ0) is 15.0. The number of nitrogens with zero attached hydrogens (tertiary/aromatic N) is 4. The molecule has 1 unspecified atom stereocenters. The van der Waals surface area contributed by atoms with Crippen LogP contribution in [0.3, 0.4) is 0 Å². The molecule has 2 N–H and O–H groups in total. The van der Waals surface area contributed by atoms with E-state index in [1.54, 1.807) is 0 Å². The second-order valence-corrected chi connectivity index (χ2v) is 7.11. The highest BCUT2D eigenvalue weighted by molar-refractivity contribution is 7.89. The zero-order valence-electron chi connectivity index (χ0n) is 11.7. The fourth-order valence-corrected chi connectivity index (χ4v) is 3.68. The summed E-state index contributed by atoms with van der Waals surface area (Å²) in [5.74, 6) is 0.814. The van der Waals surface area contributed by atoms with E-state index in [0.29, 0.717) is 6.54 Å². The lowest BCUT2D eigenvalue weighted by Crippen LogP contribution is -2.27. The topological polar surface area (TPSA) is 102 Å². The smallest absolute Gasteiger partial charge is 0.209 e. The Balaban J connectivity index is 1.90. The molecule has 3 heterocycles. The number of hydrogen-bond donors (Lipinski definition) is 1. The molecule has 2 aromatic rings. The fourth-order valence-electron chi connectivity index (χ4n) is 2.75. The maximum Gasteiger partial charge on any atom is 0.209 e. The van der Waals surface area contributed by atoms with Gasteiger partial charge in [0.25, 0.3) is 0 Å². The Kier molecular flexibility index (Phi) is 3.50. The molecule has 0 aromatic carbocycles. The maximum atomic E-state index is 11.2. The molecule has 0 amide bonds. The summed E-state index contributed by atoms with van der Waals surface area (Å²) >= 11 is 0. The molecule has 0 bridgehead atoms. The maximum absolute atomic E-state index is 11.2. The number of aryl methyl sites for hydroxylation is 1. The van der Waals surface area contributed by atoms with Crippen LogP contribution in [0.1, 0.15) is 12.1 Å². The number of pyridine rings is 1. The molecule has 1 fully saturated rings. The molecular formula is C13H17N5O2S. The van der Waals surface area contributed by atoms with Crippen molar-refractivity contribution in [3.8, 4) is 0 Å². The molecule has 3 rings (SSSR count). The molecule has 0 saturated carbocycles. The molecule has 8 heteroatoms. The highest BCUT2D eigenvalue weighted by atomic mass is 32.2. The molecule has 2 aromatic heterocycles. The predicted octanol–water partition coefficient (Wildman–Crippen LogP) is 0.448. The van der Waals surface area contributed by atoms with Crippen LogP contribution in [0.25, 0.3) is 11.0 Å². The average Bonchev–Trinajstić information content (AvgIpc) is 2.84. The van der Waals surface area contributed by atoms with E-state index in [1.807, 2.05) is 19.1 Å². The summed E-state index contributed by atoms with van der Waals surface area (Å²) in [6.45, 7) is 3.30. The Morgan fingerprint density at radius 1 is 1.38 bits per heavy atom. The third-order valence-electron chi connectivity index (χ3n) is 3.66. The molecule has 1 atom stereocenters. The molecule has 1 aliphatic rings. The molecule has 1 aliphatic heterocycles. The SMILES string of the molecule is Cc1ccc2ncnc(N3CCC(CS(N)(=O)=O)C3)c2n1. The monoisotopic (exact) mass is 307 g/mol. The van der Waals surface area contributed by atoms with Crippen molar-refractivity contribution in [3.63, 3.8) is 0 Å². The van der Waals surface area contributed by atoms with E-state index in [1.165, 1.54) is 6.33 Å². The number of hydrogen-bond acceptors (Lipinski definition) is 6. The Labute approximate surface area is 123 Å². The van der Waals surface area contributed by atoms with Gasteiger partial charge in [-0.3, -0.25) is 0 Å². The van der Waals surface area contributed by atoms with Gasteiger partial charge < -0.3 is 4.90 Å². The third kappa shape index (κ3) is 3.11. The van der Waals surface area contributed by atoms with Crippen LogP contribution in [0.15, 0.2) is 18.5 Å². The largest absolute Gasteiger partial charge is 0.354 e. The quantitative estimate of drug-likeness (QED) is 0.883. The second-order valence-electron chi connectivity index (χ2n) is 5.45. The van der Waals surface area contributed by atoms with E-state index in [4.69, 9.17) is 5.14 Å². The van der Waals surface area contributed by atoms with E-state index in [2.05, 4.69) is 19.9 Å². The van der Waals surface area contributed by atoms with E-state index in [-0.39, 0.29) is 11.7 Å². The Bertz CT molecular complexity index is 777. The number of rotatable bonds is 3. The predicted molar refractivity (Wildman–Crippen MR) is 80.4 cm³/mol. The summed E-state index contributed by atoms with van der Waals surface area (Å²) in [5, 5.41) is 5.13. The lowest BCUT2D eigenvalue weighted by atomic mass is 10.2. The first kappa shape index (κ1) is 14.2. The van der Waals surface area contributed by atoms with Gasteiger partial charge in [-0.1, -0.05) is 0 Å². The first-order chi connectivity index (χ1) is 9.92. The lowest BCUT2D eigenvalue weighted by molar-refractivity contribution is 0.573. The first-order valence-corrected chi connectivity index (χ1v) is 8.48. The fraction of sp³-hybridized carbons (Fsp3) is 0.462. The van der Waals surface area contributed by atoms with Crippen molar-refractivity contribution in [2.75, 3.05) is 23.7 Å². The Morgan fingerprint density at radius 3 is 2.95 bits per heavy atom. The van der Waals surface area contributed by atoms with Crippen LogP contribution in [-0.2, 0) is 10.0 Å². The number of aromatic nitrogens is 3. The van der Waals surface area contributed by atoms with Crippen LogP contribution in [0, 0.1) is 12.8 Å². The highest BCUT2D eigenvalue weighted by Gasteiger charge is 2.28. The summed E-state index contributed by atoms with van der Waals surface area (Å²) in [7, 11) is -3.44. The molecule has 0 radical (unpaired) electrons. The van der Waals surface area contributed by atoms with Crippen molar-refractivity contribution in [2.24, 2.45) is 11.1 Å². The molecule has 112 valence electrons. The number of sulfonamides is 1. The second kappa shape index (κ2) is 5.19. The summed E-state index contributed by atoms with van der Waals surface area (Å²) in [6, 6.07) is 3.83. The number of primary sulfonamides is 1. The van der Waals surface area contributed by atoms with Crippen LogP contribution >= 0.6 is 0 Å². The number of fused-ring (bicyclic) bond motifs is 1. The van der Waals surface area contributed by atoms with Gasteiger partial charge in [0.1, 0.15) is 11.8 Å². The van der Waals surface area contributed by atoms with Crippen molar-refractivity contribution >= 4 is 26.9 Å². The van der Waals surface area contributed by atoms with Gasteiger partial charge in [0.2, 0.25) is 10.0 Å². The van der Waals surface area contributed by atoms with Crippen molar-refractivity contribution in [3.05, 3.63) is 24.2 Å². The Hall–Kier alpha value is -1.80. The molecule has 21 heavy (non-hydrogen) atoms. The van der Waals surface area contributed by atoms with Gasteiger partial charge in [0, 0.05) is 18.8 Å². The number of nitrogens with two attached hydrogens (primary N) is 1. The molecular weight excluding hydrogens is 290 g/mol.